The van der Waals surface area contributed by atoms with Crippen LogP contribution in [0, 0.1) is 10.1 Å². The lowest BCUT2D eigenvalue weighted by Gasteiger charge is -2.13. The molecule has 0 aliphatic carbocycles. The van der Waals surface area contributed by atoms with Crippen LogP contribution in [0.5, 0.6) is 5.75 Å². The van der Waals surface area contributed by atoms with Gasteiger partial charge in [-0.1, -0.05) is 36.4 Å². The zero-order valence-electron chi connectivity index (χ0n) is 17.9. The van der Waals surface area contributed by atoms with Crippen LogP contribution in [0.4, 0.5) is 17.1 Å². The standard InChI is InChI=1S/C24H17BrN4O6/c25-19-12-15(11-18-23(31)27-28(24(18)32)17-9-5-2-6-10-17)13-20(29(33)34)22(19)35-14-21(30)26-16-7-3-1-4-8-16/h1-13H,14H2,(H,26,30)(H,27,31)/b18-11-. The van der Waals surface area contributed by atoms with Crippen molar-refractivity contribution in [3.8, 4) is 5.75 Å². The second-order valence-electron chi connectivity index (χ2n) is 7.29. The molecule has 10 nitrogen and oxygen atoms in total. The van der Waals surface area contributed by atoms with Crippen molar-refractivity contribution < 1.29 is 24.0 Å². The molecule has 0 aromatic heterocycles. The lowest BCUT2D eigenvalue weighted by molar-refractivity contribution is -0.385. The van der Waals surface area contributed by atoms with Crippen LogP contribution in [0.2, 0.25) is 0 Å². The first kappa shape index (κ1) is 23.6. The maximum atomic E-state index is 12.8. The molecule has 3 amide bonds. The predicted molar refractivity (Wildman–Crippen MR) is 131 cm³/mol. The van der Waals surface area contributed by atoms with E-state index in [1.165, 1.54) is 12.1 Å². The van der Waals surface area contributed by atoms with Gasteiger partial charge in [0.15, 0.2) is 6.61 Å². The van der Waals surface area contributed by atoms with Gasteiger partial charge in [0.1, 0.15) is 5.57 Å². The number of benzene rings is 3. The molecule has 3 aromatic rings. The second-order valence-corrected chi connectivity index (χ2v) is 8.14. The average Bonchev–Trinajstić information content (AvgIpc) is 3.12. The van der Waals surface area contributed by atoms with Crippen LogP contribution in [0.15, 0.2) is 82.8 Å². The fourth-order valence-corrected chi connectivity index (χ4v) is 3.88. The van der Waals surface area contributed by atoms with Crippen LogP contribution in [-0.2, 0) is 14.4 Å². The number of hydrogen-bond donors (Lipinski definition) is 2. The molecule has 0 atom stereocenters. The van der Waals surface area contributed by atoms with E-state index in [1.807, 2.05) is 0 Å². The smallest absolute Gasteiger partial charge is 0.312 e. The Bertz CT molecular complexity index is 1340. The molecule has 1 heterocycles. The van der Waals surface area contributed by atoms with Gasteiger partial charge in [0.05, 0.1) is 15.1 Å². The van der Waals surface area contributed by atoms with Crippen molar-refractivity contribution in [2.75, 3.05) is 16.9 Å². The van der Waals surface area contributed by atoms with Crippen LogP contribution in [-0.4, -0.2) is 29.3 Å². The van der Waals surface area contributed by atoms with Crippen molar-refractivity contribution >= 4 is 56.8 Å². The summed E-state index contributed by atoms with van der Waals surface area (Å²) in [7, 11) is 0. The van der Waals surface area contributed by atoms with Gasteiger partial charge < -0.3 is 10.1 Å². The Labute approximate surface area is 207 Å². The predicted octanol–water partition coefficient (Wildman–Crippen LogP) is 3.84. The van der Waals surface area contributed by atoms with Crippen molar-refractivity contribution in [3.63, 3.8) is 0 Å². The summed E-state index contributed by atoms with van der Waals surface area (Å²) in [4.78, 5) is 48.4. The molecule has 0 unspecified atom stereocenters. The largest absolute Gasteiger partial charge is 0.476 e. The van der Waals surface area contributed by atoms with Gasteiger partial charge in [-0.3, -0.25) is 29.9 Å². The van der Waals surface area contributed by atoms with Crippen LogP contribution in [0.1, 0.15) is 5.56 Å². The number of nitrogens with one attached hydrogen (secondary N) is 2. The molecule has 0 spiro atoms. The van der Waals surface area contributed by atoms with E-state index in [0.29, 0.717) is 11.4 Å². The monoisotopic (exact) mass is 536 g/mol. The van der Waals surface area contributed by atoms with E-state index in [9.17, 15) is 24.5 Å². The number of nitrogens with zero attached hydrogens (tertiary/aromatic N) is 2. The molecule has 1 aliphatic rings. The molecule has 0 radical (unpaired) electrons. The molecule has 1 aliphatic heterocycles. The quantitative estimate of drug-likeness (QED) is 0.204. The molecule has 0 bridgehead atoms. The molecule has 1 saturated heterocycles. The maximum absolute atomic E-state index is 12.8. The summed E-state index contributed by atoms with van der Waals surface area (Å²) in [5.41, 5.74) is 3.09. The van der Waals surface area contributed by atoms with E-state index in [0.717, 1.165) is 11.1 Å². The van der Waals surface area contributed by atoms with Crippen molar-refractivity contribution in [2.45, 2.75) is 0 Å². The molecule has 1 fully saturated rings. The van der Waals surface area contributed by atoms with Gasteiger partial charge in [-0.2, -0.15) is 0 Å². The van der Waals surface area contributed by atoms with E-state index in [1.54, 1.807) is 60.7 Å². The molecule has 11 heteroatoms. The number of amides is 3. The van der Waals surface area contributed by atoms with Crippen LogP contribution in [0.25, 0.3) is 6.08 Å². The number of ether oxygens (including phenoxy) is 1. The number of rotatable bonds is 7. The minimum atomic E-state index is -0.677. The average molecular weight is 537 g/mol. The van der Waals surface area contributed by atoms with Crippen LogP contribution < -0.4 is 20.5 Å². The Morgan fingerprint density at radius 1 is 1.09 bits per heavy atom. The lowest BCUT2D eigenvalue weighted by Crippen LogP contribution is -2.35. The molecule has 0 saturated carbocycles. The van der Waals surface area contributed by atoms with E-state index in [-0.39, 0.29) is 21.4 Å². The SMILES string of the molecule is O=C(COc1c(Br)cc(/C=C2/C(=O)NN(c3ccccc3)C2=O)cc1[N+](=O)[O-])Nc1ccccc1. The number of hydrazine groups is 1. The van der Waals surface area contributed by atoms with Crippen molar-refractivity contribution in [1.82, 2.24) is 5.43 Å². The second kappa shape index (κ2) is 10.2. The Morgan fingerprint density at radius 3 is 2.40 bits per heavy atom. The van der Waals surface area contributed by atoms with Crippen LogP contribution >= 0.6 is 15.9 Å². The first-order valence-corrected chi connectivity index (χ1v) is 11.0. The van der Waals surface area contributed by atoms with Gasteiger partial charge in [-0.05, 0) is 57.9 Å². The Hall–Kier alpha value is -4.51. The molecule has 4 rings (SSSR count). The summed E-state index contributed by atoms with van der Waals surface area (Å²) in [6.45, 7) is -0.471. The number of para-hydroxylation sites is 2. The van der Waals surface area contributed by atoms with Crippen molar-refractivity contribution in [1.29, 1.82) is 0 Å². The Kier molecular flexibility index (Phi) is 6.88. The van der Waals surface area contributed by atoms with Gasteiger partial charge in [0, 0.05) is 11.8 Å². The van der Waals surface area contributed by atoms with Gasteiger partial charge in [-0.25, -0.2) is 5.01 Å². The van der Waals surface area contributed by atoms with Gasteiger partial charge >= 0.3 is 5.69 Å². The summed E-state index contributed by atoms with van der Waals surface area (Å²) in [6.07, 6.45) is 1.25. The first-order chi connectivity index (χ1) is 16.8. The molecule has 35 heavy (non-hydrogen) atoms. The molecular formula is C24H17BrN4O6. The number of halogens is 1. The normalized spacial score (nSPS) is 14.1. The highest BCUT2D eigenvalue weighted by Gasteiger charge is 2.34. The zero-order valence-corrected chi connectivity index (χ0v) is 19.5. The maximum Gasteiger partial charge on any atom is 0.312 e. The highest BCUT2D eigenvalue weighted by molar-refractivity contribution is 9.10. The number of nitro groups is 1. The van der Waals surface area contributed by atoms with Crippen molar-refractivity contribution in [3.05, 3.63) is 98.5 Å². The molecule has 3 aromatic carbocycles. The topological polar surface area (TPSA) is 131 Å². The molecular weight excluding hydrogens is 520 g/mol. The number of hydrogen-bond acceptors (Lipinski definition) is 6. The first-order valence-electron chi connectivity index (χ1n) is 10.2. The lowest BCUT2D eigenvalue weighted by atomic mass is 10.1. The Balaban J connectivity index is 1.56. The zero-order chi connectivity index (χ0) is 24.9. The van der Waals surface area contributed by atoms with Crippen molar-refractivity contribution in [2.24, 2.45) is 0 Å². The minimum Gasteiger partial charge on any atom is -0.476 e. The fourth-order valence-electron chi connectivity index (χ4n) is 3.30. The third-order valence-corrected chi connectivity index (χ3v) is 5.45. The van der Waals surface area contributed by atoms with E-state index in [2.05, 4.69) is 26.7 Å². The third-order valence-electron chi connectivity index (χ3n) is 4.87. The fraction of sp³-hybridized carbons (Fsp3) is 0.0417. The van der Waals surface area contributed by atoms with Gasteiger partial charge in [-0.15, -0.1) is 0 Å². The van der Waals surface area contributed by atoms with Gasteiger partial charge in [0.25, 0.3) is 17.7 Å². The summed E-state index contributed by atoms with van der Waals surface area (Å²) in [5, 5.41) is 15.4. The minimum absolute atomic E-state index is 0.159. The molecule has 2 N–H and O–H groups in total. The number of anilines is 2. The molecule has 176 valence electrons. The highest BCUT2D eigenvalue weighted by atomic mass is 79.9. The van der Waals surface area contributed by atoms with Crippen LogP contribution in [0.3, 0.4) is 0 Å². The third kappa shape index (κ3) is 5.36. The number of nitro benzene ring substituents is 1. The number of carbonyl (C=O) groups is 3. The summed E-state index contributed by atoms with van der Waals surface area (Å²) < 4.78 is 5.61. The summed E-state index contributed by atoms with van der Waals surface area (Å²) in [6, 6.07) is 19.8. The van der Waals surface area contributed by atoms with E-state index in [4.69, 9.17) is 4.74 Å². The van der Waals surface area contributed by atoms with E-state index < -0.39 is 34.9 Å². The number of carbonyl (C=O) groups excluding carboxylic acids is 3. The van der Waals surface area contributed by atoms with E-state index >= 15 is 0 Å². The summed E-state index contributed by atoms with van der Waals surface area (Å²) in [5.74, 6) is -1.90. The highest BCUT2D eigenvalue weighted by Crippen LogP contribution is 2.37. The summed E-state index contributed by atoms with van der Waals surface area (Å²) >= 11 is 3.23. The Morgan fingerprint density at radius 2 is 1.74 bits per heavy atom. The van der Waals surface area contributed by atoms with Gasteiger partial charge in [0.2, 0.25) is 5.75 Å².